The van der Waals surface area contributed by atoms with Crippen LogP contribution in [0.4, 0.5) is 26.3 Å². The highest BCUT2D eigenvalue weighted by molar-refractivity contribution is 5.74. The molecule has 0 heterocycles. The van der Waals surface area contributed by atoms with Gasteiger partial charge in [-0.05, 0) is 37.5 Å². The Bertz CT molecular complexity index is 533. The van der Waals surface area contributed by atoms with Crippen LogP contribution in [0.1, 0.15) is 39.5 Å². The number of allylic oxidation sites excluding steroid dienone is 2. The van der Waals surface area contributed by atoms with E-state index in [1.54, 1.807) is 6.08 Å². The summed E-state index contributed by atoms with van der Waals surface area (Å²) in [4.78, 5) is 12.4. The van der Waals surface area contributed by atoms with Crippen LogP contribution in [0, 0.1) is 17.8 Å². The highest BCUT2D eigenvalue weighted by Gasteiger charge is 2.80. The lowest BCUT2D eigenvalue weighted by molar-refractivity contribution is -0.414. The van der Waals surface area contributed by atoms with Gasteiger partial charge in [0.05, 0.1) is 5.92 Å². The van der Waals surface area contributed by atoms with Crippen molar-refractivity contribution in [2.75, 3.05) is 0 Å². The van der Waals surface area contributed by atoms with Crippen molar-refractivity contribution in [3.63, 3.8) is 0 Å². The number of halogens is 6. The summed E-state index contributed by atoms with van der Waals surface area (Å²) in [5.41, 5.74) is -8.27. The SMILES string of the molecule is CCC(CC)(OC(=O)C1CC2C=CC1C2)C(O)(C(F)(F)F)C(F)(F)F. The third-order valence-electron chi connectivity index (χ3n) is 5.50. The Morgan fingerprint density at radius 3 is 1.88 bits per heavy atom. The molecule has 0 aromatic carbocycles. The van der Waals surface area contributed by atoms with E-state index in [9.17, 15) is 36.2 Å². The molecule has 0 amide bonds. The fourth-order valence-electron chi connectivity index (χ4n) is 3.98. The minimum atomic E-state index is -6.05. The minimum Gasteiger partial charge on any atom is -0.455 e. The summed E-state index contributed by atoms with van der Waals surface area (Å²) < 4.78 is 84.5. The van der Waals surface area contributed by atoms with Gasteiger partial charge in [0.2, 0.25) is 0 Å². The Balaban J connectivity index is 2.39. The molecular weight excluding hydrogens is 354 g/mol. The van der Waals surface area contributed by atoms with Crippen LogP contribution < -0.4 is 0 Å². The number of hydrogen-bond donors (Lipinski definition) is 1. The molecule has 3 unspecified atom stereocenters. The van der Waals surface area contributed by atoms with Gasteiger partial charge in [-0.2, -0.15) is 26.3 Å². The van der Waals surface area contributed by atoms with Crippen LogP contribution >= 0.6 is 0 Å². The number of ether oxygens (including phenoxy) is 1. The van der Waals surface area contributed by atoms with Crippen molar-refractivity contribution in [2.24, 2.45) is 17.8 Å². The molecule has 1 N–H and O–H groups in total. The highest BCUT2D eigenvalue weighted by atomic mass is 19.4. The zero-order chi connectivity index (χ0) is 19.3. The second kappa shape index (κ2) is 6.17. The second-order valence-electron chi connectivity index (χ2n) is 6.72. The Labute approximate surface area is 141 Å². The molecule has 9 heteroatoms. The van der Waals surface area contributed by atoms with Crippen molar-refractivity contribution < 1.29 is 41.0 Å². The van der Waals surface area contributed by atoms with Crippen molar-refractivity contribution in [3.05, 3.63) is 12.2 Å². The normalized spacial score (nSPS) is 27.0. The van der Waals surface area contributed by atoms with E-state index in [2.05, 4.69) is 0 Å². The first kappa shape index (κ1) is 20.1. The molecule has 0 aliphatic heterocycles. The molecule has 144 valence electrons. The molecule has 0 spiro atoms. The number of aliphatic hydroxyl groups is 1. The maximum absolute atomic E-state index is 13.3. The first-order chi connectivity index (χ1) is 11.3. The van der Waals surface area contributed by atoms with Crippen molar-refractivity contribution in [1.29, 1.82) is 0 Å². The topological polar surface area (TPSA) is 46.5 Å². The van der Waals surface area contributed by atoms with Gasteiger partial charge < -0.3 is 9.84 Å². The molecule has 2 bridgehead atoms. The van der Waals surface area contributed by atoms with Crippen molar-refractivity contribution in [2.45, 2.75) is 63.1 Å². The first-order valence-corrected chi connectivity index (χ1v) is 8.10. The van der Waals surface area contributed by atoms with E-state index in [1.165, 1.54) is 0 Å². The van der Waals surface area contributed by atoms with Crippen LogP contribution in [0.2, 0.25) is 0 Å². The van der Waals surface area contributed by atoms with Crippen LogP contribution in [0.15, 0.2) is 12.2 Å². The smallest absolute Gasteiger partial charge is 0.430 e. The number of fused-ring (bicyclic) bond motifs is 2. The Morgan fingerprint density at radius 2 is 1.56 bits per heavy atom. The van der Waals surface area contributed by atoms with E-state index in [4.69, 9.17) is 4.74 Å². The Morgan fingerprint density at radius 1 is 1.04 bits per heavy atom. The summed E-state index contributed by atoms with van der Waals surface area (Å²) in [6.45, 7) is 2.06. The summed E-state index contributed by atoms with van der Waals surface area (Å²) in [6.07, 6.45) is -9.18. The average molecular weight is 374 g/mol. The van der Waals surface area contributed by atoms with Gasteiger partial charge in [-0.3, -0.25) is 4.79 Å². The van der Waals surface area contributed by atoms with E-state index in [-0.39, 0.29) is 11.8 Å². The molecule has 2 rings (SSSR count). The van der Waals surface area contributed by atoms with Crippen LogP contribution in [-0.4, -0.2) is 34.6 Å². The number of hydrogen-bond acceptors (Lipinski definition) is 3. The van der Waals surface area contributed by atoms with Gasteiger partial charge in [-0.25, -0.2) is 0 Å². The van der Waals surface area contributed by atoms with Crippen LogP contribution in [0.25, 0.3) is 0 Å². The summed E-state index contributed by atoms with van der Waals surface area (Å²) in [5.74, 6) is -2.05. The zero-order valence-corrected chi connectivity index (χ0v) is 13.7. The third kappa shape index (κ3) is 2.94. The van der Waals surface area contributed by atoms with Gasteiger partial charge >= 0.3 is 18.3 Å². The van der Waals surface area contributed by atoms with Crippen LogP contribution in [0.3, 0.4) is 0 Å². The second-order valence-corrected chi connectivity index (χ2v) is 6.72. The summed E-state index contributed by atoms with van der Waals surface area (Å²) in [6, 6.07) is 0. The van der Waals surface area contributed by atoms with E-state index in [0.717, 1.165) is 13.8 Å². The molecule has 1 saturated carbocycles. The van der Waals surface area contributed by atoms with Gasteiger partial charge in [0.1, 0.15) is 0 Å². The van der Waals surface area contributed by atoms with Gasteiger partial charge in [0, 0.05) is 0 Å². The zero-order valence-electron chi connectivity index (χ0n) is 13.7. The molecule has 2 aliphatic carbocycles. The number of rotatable bonds is 5. The van der Waals surface area contributed by atoms with Crippen molar-refractivity contribution in [1.82, 2.24) is 0 Å². The molecule has 3 nitrogen and oxygen atoms in total. The number of alkyl halides is 6. The minimum absolute atomic E-state index is 0.0873. The molecule has 25 heavy (non-hydrogen) atoms. The fourth-order valence-corrected chi connectivity index (χ4v) is 3.98. The summed E-state index contributed by atoms with van der Waals surface area (Å²) in [5, 5.41) is 9.78. The average Bonchev–Trinajstić information content (AvgIpc) is 3.12. The van der Waals surface area contributed by atoms with E-state index in [0.29, 0.717) is 12.8 Å². The van der Waals surface area contributed by atoms with E-state index < -0.39 is 48.3 Å². The molecule has 3 atom stereocenters. The molecule has 2 aliphatic rings. The largest absolute Gasteiger partial charge is 0.455 e. The van der Waals surface area contributed by atoms with Crippen molar-refractivity contribution in [3.8, 4) is 0 Å². The quantitative estimate of drug-likeness (QED) is 0.447. The molecule has 0 aromatic rings. The Hall–Kier alpha value is -1.25. The third-order valence-corrected chi connectivity index (χ3v) is 5.50. The Kier molecular flexibility index (Phi) is 4.96. The number of esters is 1. The molecule has 0 aromatic heterocycles. The maximum Gasteiger partial charge on any atom is 0.430 e. The highest BCUT2D eigenvalue weighted by Crippen LogP contribution is 2.54. The van der Waals surface area contributed by atoms with Gasteiger partial charge in [0.25, 0.3) is 5.60 Å². The van der Waals surface area contributed by atoms with E-state index in [1.807, 2.05) is 6.08 Å². The van der Waals surface area contributed by atoms with Gasteiger partial charge in [-0.15, -0.1) is 0 Å². The predicted octanol–water partition coefficient (Wildman–Crippen LogP) is 4.16. The number of carbonyl (C=O) groups is 1. The monoisotopic (exact) mass is 374 g/mol. The molecular formula is C16H20F6O3. The molecule has 1 fully saturated rings. The van der Waals surface area contributed by atoms with Gasteiger partial charge in [0.15, 0.2) is 5.60 Å². The summed E-state index contributed by atoms with van der Waals surface area (Å²) in [7, 11) is 0. The standard InChI is InChI=1S/C16H20F6O3/c1-3-13(4-2,14(24,15(17,18)19)16(20,21)22)25-12(23)11-8-9-5-6-10(11)7-9/h5-6,9-11,24H,3-4,7-8H2,1-2H3. The lowest BCUT2D eigenvalue weighted by Crippen LogP contribution is -2.71. The lowest BCUT2D eigenvalue weighted by atomic mass is 9.76. The molecule has 0 saturated heterocycles. The van der Waals surface area contributed by atoms with Gasteiger partial charge in [-0.1, -0.05) is 26.0 Å². The number of carbonyl (C=O) groups excluding carboxylic acids is 1. The summed E-state index contributed by atoms with van der Waals surface area (Å²) >= 11 is 0. The first-order valence-electron chi connectivity index (χ1n) is 8.10. The maximum atomic E-state index is 13.3. The predicted molar refractivity (Wildman–Crippen MR) is 75.3 cm³/mol. The lowest BCUT2D eigenvalue weighted by Gasteiger charge is -2.47. The van der Waals surface area contributed by atoms with E-state index >= 15 is 0 Å². The van der Waals surface area contributed by atoms with Crippen LogP contribution in [0.5, 0.6) is 0 Å². The fraction of sp³-hybridized carbons (Fsp3) is 0.812. The van der Waals surface area contributed by atoms with Crippen molar-refractivity contribution >= 4 is 5.97 Å². The van der Waals surface area contributed by atoms with Crippen LogP contribution in [-0.2, 0) is 9.53 Å². The molecule has 0 radical (unpaired) electrons.